The molecule has 119 heavy (non-hydrogen) atoms. The Labute approximate surface area is 688 Å². The molecular formula is C97H84N10O12. The molecule has 0 fully saturated rings. The molecule has 0 saturated carbocycles. The van der Waals surface area contributed by atoms with E-state index >= 15 is 0 Å². The van der Waals surface area contributed by atoms with Gasteiger partial charge in [0.2, 0.25) is 29.5 Å². The summed E-state index contributed by atoms with van der Waals surface area (Å²) in [7, 11) is 4.48. The molecule has 0 atom stereocenters. The van der Waals surface area contributed by atoms with E-state index < -0.39 is 0 Å². The highest BCUT2D eigenvalue weighted by molar-refractivity contribution is 6.09. The Balaban J connectivity index is 0.000000102. The zero-order chi connectivity index (χ0) is 81.4. The molecule has 5 amide bonds. The number of ether oxygens (including phenoxy) is 5. The third kappa shape index (κ3) is 14.4. The minimum Gasteiger partial charge on any atom is -0.496 e. The number of amides is 5. The second kappa shape index (κ2) is 32.9. The lowest BCUT2D eigenvalue weighted by Crippen LogP contribution is -2.33. The number of rotatable bonds is 12. The van der Waals surface area contributed by atoms with Crippen molar-refractivity contribution < 1.29 is 57.2 Å². The van der Waals surface area contributed by atoms with E-state index in [0.717, 1.165) is 204 Å². The van der Waals surface area contributed by atoms with Crippen LogP contribution in [0.25, 0.3) is 55.6 Å². The normalized spacial score (nSPS) is 15.4. The fraction of sp³-hybridized carbons (Fsp3) is 0.237. The van der Waals surface area contributed by atoms with E-state index in [-0.39, 0.29) is 41.5 Å². The molecule has 10 aliphatic heterocycles. The van der Waals surface area contributed by atoms with Crippen molar-refractivity contribution in [2.75, 3.05) is 78.6 Å². The smallest absolute Gasteiger partial charge is 0.338 e. The van der Waals surface area contributed by atoms with Crippen LogP contribution in [0.15, 0.2) is 214 Å². The van der Waals surface area contributed by atoms with Crippen LogP contribution in [0.4, 0.5) is 28.4 Å². The number of hydrogen-bond donors (Lipinski definition) is 0. The predicted molar refractivity (Wildman–Crippen MR) is 453 cm³/mol. The van der Waals surface area contributed by atoms with Gasteiger partial charge in [0.05, 0.1) is 60.9 Å². The molecule has 22 nitrogen and oxygen atoms in total. The molecule has 22 rings (SSSR count). The van der Waals surface area contributed by atoms with E-state index in [1.807, 2.05) is 164 Å². The number of carbonyl (C=O) groups is 7. The van der Waals surface area contributed by atoms with Gasteiger partial charge < -0.3 is 48.2 Å². The van der Waals surface area contributed by atoms with Crippen LogP contribution in [-0.4, -0.2) is 120 Å². The number of aryl methyl sites for hydroxylation is 3. The van der Waals surface area contributed by atoms with E-state index in [4.69, 9.17) is 23.7 Å². The molecule has 15 heterocycles. The fourth-order valence-electron chi connectivity index (χ4n) is 18.6. The number of nitrogens with zero attached hydrogens (tertiary/aromatic N) is 10. The number of benzene rings is 7. The van der Waals surface area contributed by atoms with Crippen LogP contribution in [0.2, 0.25) is 0 Å². The predicted octanol–water partition coefficient (Wildman–Crippen LogP) is 16.1. The first-order valence-electron chi connectivity index (χ1n) is 40.5. The Morgan fingerprint density at radius 1 is 0.286 bits per heavy atom. The first kappa shape index (κ1) is 76.3. The van der Waals surface area contributed by atoms with Crippen LogP contribution in [-0.2, 0) is 97.7 Å². The van der Waals surface area contributed by atoms with Crippen LogP contribution < -0.4 is 38.7 Å². The third-order valence-corrected chi connectivity index (χ3v) is 23.8. The largest absolute Gasteiger partial charge is 0.496 e. The average molecular weight is 1580 g/mol. The maximum absolute atomic E-state index is 12.5. The Hall–Kier alpha value is -14.0. The molecule has 0 bridgehead atoms. The topological polar surface area (TPSA) is 246 Å². The van der Waals surface area contributed by atoms with Crippen molar-refractivity contribution in [3.8, 4) is 84.4 Å². The van der Waals surface area contributed by atoms with Crippen molar-refractivity contribution >= 4 is 69.9 Å². The molecule has 10 aliphatic rings. The first-order chi connectivity index (χ1) is 58.3. The number of carbonyl (C=O) groups excluding carboxylic acids is 7. The lowest BCUT2D eigenvalue weighted by Gasteiger charge is -2.28. The summed E-state index contributed by atoms with van der Waals surface area (Å²) in [6, 6.07) is 49.7. The van der Waals surface area contributed by atoms with Crippen molar-refractivity contribution in [2.24, 2.45) is 0 Å². The van der Waals surface area contributed by atoms with Crippen molar-refractivity contribution in [3.05, 3.63) is 280 Å². The summed E-state index contributed by atoms with van der Waals surface area (Å²) in [5, 5.41) is 0. The molecule has 0 unspecified atom stereocenters. The molecule has 0 radical (unpaired) electrons. The van der Waals surface area contributed by atoms with Gasteiger partial charge in [-0.15, -0.1) is 0 Å². The number of esters is 2. The van der Waals surface area contributed by atoms with Gasteiger partial charge in [-0.2, -0.15) is 0 Å². The van der Waals surface area contributed by atoms with Crippen LogP contribution >= 0.6 is 0 Å². The van der Waals surface area contributed by atoms with Crippen molar-refractivity contribution in [1.29, 1.82) is 0 Å². The van der Waals surface area contributed by atoms with Gasteiger partial charge in [-0.1, -0.05) is 66.7 Å². The van der Waals surface area contributed by atoms with E-state index in [2.05, 4.69) is 55.3 Å². The lowest BCUT2D eigenvalue weighted by atomic mass is 9.88. The summed E-state index contributed by atoms with van der Waals surface area (Å²) in [5.74, 6) is 4.42. The quantitative estimate of drug-likeness (QED) is 0.103. The number of anilines is 5. The van der Waals surface area contributed by atoms with Crippen molar-refractivity contribution in [3.63, 3.8) is 0 Å². The summed E-state index contributed by atoms with van der Waals surface area (Å²) in [4.78, 5) is 116. The summed E-state index contributed by atoms with van der Waals surface area (Å²) < 4.78 is 28.4. The van der Waals surface area contributed by atoms with Gasteiger partial charge in [0.25, 0.3) is 0 Å². The highest BCUT2D eigenvalue weighted by atomic mass is 16.5. The van der Waals surface area contributed by atoms with Crippen LogP contribution in [0.5, 0.6) is 28.7 Å². The van der Waals surface area contributed by atoms with E-state index in [0.29, 0.717) is 82.0 Å². The Morgan fingerprint density at radius 2 is 0.555 bits per heavy atom. The van der Waals surface area contributed by atoms with Gasteiger partial charge in [-0.05, 0) is 199 Å². The molecule has 0 saturated heterocycles. The second-order valence-electron chi connectivity index (χ2n) is 30.5. The van der Waals surface area contributed by atoms with Crippen molar-refractivity contribution in [1.82, 2.24) is 24.9 Å². The SMILES string of the molecule is COC(=O)c1c(-c2cccnc2)cc2c3c1CCC(=O)N3CC2.COC(=O)c1c(-c2cccnc2)cc2c3c1CCN3C(=O)CC2.COc1c(-c2cccnc2)cc2c3c1CCN3C(=O)CC2.O=C1CCc2c(Oc3ccccc3)c(-c3cccnc3)cc3c2N1CC3.O=C1CCc2cc(-c3cccnc3)c(Oc3ccccc3)c3c2N1CC3. The van der Waals surface area contributed by atoms with Gasteiger partial charge in [0, 0.05) is 188 Å². The number of methoxy groups -OCH3 is 3. The monoisotopic (exact) mass is 1580 g/mol. The van der Waals surface area contributed by atoms with Crippen LogP contribution in [0.1, 0.15) is 108 Å². The summed E-state index contributed by atoms with van der Waals surface area (Å²) >= 11 is 0. The average Bonchev–Trinajstić information content (AvgIpc) is 1.67. The number of pyridine rings is 5. The zero-order valence-electron chi connectivity index (χ0n) is 66.2. The molecule has 12 aromatic rings. The molecule has 5 aromatic heterocycles. The van der Waals surface area contributed by atoms with Crippen molar-refractivity contribution in [2.45, 2.75) is 96.3 Å². The maximum atomic E-state index is 12.5. The zero-order valence-corrected chi connectivity index (χ0v) is 66.2. The minimum absolute atomic E-state index is 0.140. The van der Waals surface area contributed by atoms with Gasteiger partial charge in [-0.25, -0.2) is 9.59 Å². The Bertz CT molecular complexity index is 5930. The molecule has 0 spiro atoms. The molecule has 7 aromatic carbocycles. The Kier molecular flexibility index (Phi) is 21.1. The third-order valence-electron chi connectivity index (χ3n) is 23.8. The summed E-state index contributed by atoms with van der Waals surface area (Å²) in [5.41, 5.74) is 27.3. The lowest BCUT2D eigenvalue weighted by molar-refractivity contribution is -0.119. The fourth-order valence-corrected chi connectivity index (χ4v) is 18.6. The minimum atomic E-state index is -0.360. The summed E-state index contributed by atoms with van der Waals surface area (Å²) in [6.07, 6.45) is 28.2. The van der Waals surface area contributed by atoms with Crippen LogP contribution in [0, 0.1) is 0 Å². The number of hydrogen-bond acceptors (Lipinski definition) is 17. The van der Waals surface area contributed by atoms with Gasteiger partial charge in [0.1, 0.15) is 28.7 Å². The van der Waals surface area contributed by atoms with E-state index in [1.54, 1.807) is 50.5 Å². The molecule has 0 N–H and O–H groups in total. The number of para-hydroxylation sites is 2. The molecule has 0 aliphatic carbocycles. The van der Waals surface area contributed by atoms with E-state index in [9.17, 15) is 33.6 Å². The molecule has 22 heteroatoms. The van der Waals surface area contributed by atoms with Crippen LogP contribution in [0.3, 0.4) is 0 Å². The molecular weight excluding hydrogens is 1500 g/mol. The number of aromatic nitrogens is 5. The highest BCUT2D eigenvalue weighted by Gasteiger charge is 2.41. The maximum Gasteiger partial charge on any atom is 0.338 e. The Morgan fingerprint density at radius 3 is 0.891 bits per heavy atom. The van der Waals surface area contributed by atoms with Gasteiger partial charge >= 0.3 is 11.9 Å². The molecule has 594 valence electrons. The summed E-state index contributed by atoms with van der Waals surface area (Å²) in [6.45, 7) is 3.61. The van der Waals surface area contributed by atoms with E-state index in [1.165, 1.54) is 36.5 Å². The highest BCUT2D eigenvalue weighted by Crippen LogP contribution is 2.53. The standard InChI is InChI=1S/2C22H18N2O2.2C18H16N2O3.C17H16N2O2/c25-20-9-8-18-21-15(10-12-24(20)21)13-19(16-5-4-11-23-14-16)22(18)26-17-6-2-1-3-7-17;25-20-9-8-15-13-19(16-5-4-11-23-14-16)22(18-10-12-24(20)21(15)18)26-17-6-2-1-3-7-17;1-23-18(22)16-13-4-5-15(21)20-8-6-11(17(13)20)9-14(16)12-3-2-7-19-10-12;1-23-18(22)16-13-6-8-20-15(21)5-4-11(17(13)20)9-14(16)12-3-2-7-19-10-12;1-21-17-13-6-8-19-15(20)5-4-11(16(13)19)9-14(17)12-3-2-7-18-10-12/h2*1-7,11,13-14H,8-10,12H2;2*2-3,7,9-10H,4-6,8H2,1H3;2-3,7,9-10H,4-6,8H2,1H3. The van der Waals surface area contributed by atoms with Gasteiger partial charge in [-0.3, -0.25) is 48.9 Å². The first-order valence-corrected chi connectivity index (χ1v) is 40.5. The van der Waals surface area contributed by atoms with Gasteiger partial charge in [0.15, 0.2) is 0 Å². The second-order valence-corrected chi connectivity index (χ2v) is 30.5.